The molecule has 1 aliphatic heterocycles. The molecular weight excluding hydrogens is 436 g/mol. The van der Waals surface area contributed by atoms with Crippen molar-refractivity contribution in [2.24, 2.45) is 13.0 Å². The molecule has 170 valence electrons. The maximum Gasteiger partial charge on any atom is 0.272 e. The van der Waals surface area contributed by atoms with Crippen LogP contribution in [-0.4, -0.2) is 42.4 Å². The van der Waals surface area contributed by atoms with Crippen LogP contribution in [-0.2, 0) is 26.4 Å². The predicted octanol–water partition coefficient (Wildman–Crippen LogP) is 3.78. The summed E-state index contributed by atoms with van der Waals surface area (Å²) < 4.78 is 3.53. The van der Waals surface area contributed by atoms with Gasteiger partial charge in [0.1, 0.15) is 17.2 Å². The predicted molar refractivity (Wildman–Crippen MR) is 128 cm³/mol. The van der Waals surface area contributed by atoms with Gasteiger partial charge in [-0.3, -0.25) is 18.7 Å². The molecule has 1 N–H and O–H groups in total. The summed E-state index contributed by atoms with van der Waals surface area (Å²) >= 11 is 1.53. The van der Waals surface area contributed by atoms with Crippen LogP contribution in [0.1, 0.15) is 50.8 Å². The van der Waals surface area contributed by atoms with E-state index in [1.165, 1.54) is 11.3 Å². The first-order valence-electron chi connectivity index (χ1n) is 11.1. The molecule has 0 aliphatic carbocycles. The van der Waals surface area contributed by atoms with Crippen LogP contribution in [0.3, 0.4) is 0 Å². The quantitative estimate of drug-likeness (QED) is 0.489. The summed E-state index contributed by atoms with van der Waals surface area (Å²) in [6.45, 7) is 5.35. The standard InChI is InChI=1S/C24H26N6O2S/c1-15(2)10-16-11-22(28(3)27-16)26-23(31)18-14-33-20-13-29(9-7-17(18)20)24(32)19-12-25-21-6-4-5-8-30(19)21/h4-6,8,11-12,14-15H,7,9-10,13H2,1-3H3,(H,26,31). The van der Waals surface area contributed by atoms with Gasteiger partial charge in [-0.25, -0.2) is 4.98 Å². The Bertz CT molecular complexity index is 1350. The molecule has 0 spiro atoms. The lowest BCUT2D eigenvalue weighted by Crippen LogP contribution is -2.36. The lowest BCUT2D eigenvalue weighted by molar-refractivity contribution is 0.0730. The van der Waals surface area contributed by atoms with E-state index in [4.69, 9.17) is 0 Å². The second-order valence-corrected chi connectivity index (χ2v) is 9.76. The molecule has 4 aromatic rings. The topological polar surface area (TPSA) is 84.5 Å². The second kappa shape index (κ2) is 8.47. The average Bonchev–Trinajstić information content (AvgIpc) is 3.49. The van der Waals surface area contributed by atoms with E-state index in [0.717, 1.165) is 28.2 Å². The molecule has 0 bridgehead atoms. The van der Waals surface area contributed by atoms with Crippen LogP contribution in [0.4, 0.5) is 5.82 Å². The van der Waals surface area contributed by atoms with Crippen molar-refractivity contribution in [1.29, 1.82) is 0 Å². The Morgan fingerprint density at radius 3 is 2.94 bits per heavy atom. The van der Waals surface area contributed by atoms with E-state index >= 15 is 0 Å². The Balaban J connectivity index is 1.31. The Labute approximate surface area is 195 Å². The van der Waals surface area contributed by atoms with Gasteiger partial charge in [0.15, 0.2) is 0 Å². The molecule has 0 saturated carbocycles. The van der Waals surface area contributed by atoms with Gasteiger partial charge < -0.3 is 10.2 Å². The fraction of sp³-hybridized carbons (Fsp3) is 0.333. The molecule has 0 radical (unpaired) electrons. The monoisotopic (exact) mass is 462 g/mol. The van der Waals surface area contributed by atoms with Crippen LogP contribution in [0, 0.1) is 5.92 Å². The number of anilines is 1. The first-order chi connectivity index (χ1) is 15.9. The minimum absolute atomic E-state index is 0.0497. The zero-order valence-electron chi connectivity index (χ0n) is 18.9. The summed E-state index contributed by atoms with van der Waals surface area (Å²) in [5.74, 6) is 1.01. The lowest BCUT2D eigenvalue weighted by Gasteiger charge is -2.27. The van der Waals surface area contributed by atoms with Crippen molar-refractivity contribution in [3.63, 3.8) is 0 Å². The van der Waals surface area contributed by atoms with E-state index in [2.05, 4.69) is 29.2 Å². The van der Waals surface area contributed by atoms with E-state index in [9.17, 15) is 9.59 Å². The lowest BCUT2D eigenvalue weighted by atomic mass is 10.0. The van der Waals surface area contributed by atoms with Crippen molar-refractivity contribution in [2.75, 3.05) is 11.9 Å². The molecule has 9 heteroatoms. The van der Waals surface area contributed by atoms with Gasteiger partial charge in [-0.15, -0.1) is 11.3 Å². The fourth-order valence-corrected chi connectivity index (χ4v) is 5.38. The molecule has 5 rings (SSSR count). The number of nitrogens with zero attached hydrogens (tertiary/aromatic N) is 5. The summed E-state index contributed by atoms with van der Waals surface area (Å²) in [5.41, 5.74) is 3.99. The number of rotatable bonds is 5. The van der Waals surface area contributed by atoms with Gasteiger partial charge in [-0.2, -0.15) is 5.10 Å². The highest BCUT2D eigenvalue weighted by Gasteiger charge is 2.28. The number of nitrogens with one attached hydrogen (secondary N) is 1. The smallest absolute Gasteiger partial charge is 0.272 e. The SMILES string of the molecule is CC(C)Cc1cc(NC(=O)c2csc3c2CCN(C(=O)c2cnc4ccccn24)C3)n(C)n1. The molecule has 1 aliphatic rings. The van der Waals surface area contributed by atoms with E-state index < -0.39 is 0 Å². The number of hydrogen-bond donors (Lipinski definition) is 1. The highest BCUT2D eigenvalue weighted by Crippen LogP contribution is 2.30. The fourth-order valence-electron chi connectivity index (χ4n) is 4.29. The van der Waals surface area contributed by atoms with Crippen molar-refractivity contribution in [1.82, 2.24) is 24.1 Å². The van der Waals surface area contributed by atoms with Crippen LogP contribution in [0.15, 0.2) is 42.0 Å². The van der Waals surface area contributed by atoms with E-state index in [1.54, 1.807) is 10.9 Å². The Morgan fingerprint density at radius 2 is 2.12 bits per heavy atom. The van der Waals surface area contributed by atoms with Gasteiger partial charge in [-0.05, 0) is 36.5 Å². The molecule has 4 aromatic heterocycles. The first-order valence-corrected chi connectivity index (χ1v) is 11.9. The van der Waals surface area contributed by atoms with Crippen molar-refractivity contribution in [3.05, 3.63) is 69.4 Å². The number of amides is 2. The van der Waals surface area contributed by atoms with Crippen LogP contribution >= 0.6 is 11.3 Å². The molecule has 2 amide bonds. The third-order valence-electron chi connectivity index (χ3n) is 5.90. The maximum atomic E-state index is 13.2. The van der Waals surface area contributed by atoms with Gasteiger partial charge in [0.05, 0.1) is 24.0 Å². The third-order valence-corrected chi connectivity index (χ3v) is 6.92. The number of aromatic nitrogens is 4. The minimum Gasteiger partial charge on any atom is -0.332 e. The zero-order chi connectivity index (χ0) is 23.1. The van der Waals surface area contributed by atoms with Gasteiger partial charge in [0.25, 0.3) is 11.8 Å². The van der Waals surface area contributed by atoms with Crippen molar-refractivity contribution in [3.8, 4) is 0 Å². The highest BCUT2D eigenvalue weighted by atomic mass is 32.1. The number of carbonyl (C=O) groups is 2. The number of hydrogen-bond acceptors (Lipinski definition) is 5. The number of imidazole rings is 1. The van der Waals surface area contributed by atoms with Crippen molar-refractivity contribution >= 4 is 34.6 Å². The van der Waals surface area contributed by atoms with Crippen molar-refractivity contribution in [2.45, 2.75) is 33.2 Å². The number of pyridine rings is 1. The molecule has 8 nitrogen and oxygen atoms in total. The largest absolute Gasteiger partial charge is 0.332 e. The molecule has 0 aromatic carbocycles. The molecule has 0 unspecified atom stereocenters. The van der Waals surface area contributed by atoms with Crippen LogP contribution in [0.25, 0.3) is 5.65 Å². The average molecular weight is 463 g/mol. The Morgan fingerprint density at radius 1 is 1.27 bits per heavy atom. The first kappa shape index (κ1) is 21.4. The molecular formula is C24H26N6O2S. The van der Waals surface area contributed by atoms with Gasteiger partial charge in [0, 0.05) is 36.1 Å². The zero-order valence-corrected chi connectivity index (χ0v) is 19.7. The normalized spacial score (nSPS) is 13.5. The number of thiophene rings is 1. The molecule has 0 saturated heterocycles. The van der Waals surface area contributed by atoms with Gasteiger partial charge in [0.2, 0.25) is 0 Å². The number of aryl methyl sites for hydroxylation is 1. The van der Waals surface area contributed by atoms with Crippen LogP contribution in [0.2, 0.25) is 0 Å². The Hall–Kier alpha value is -3.46. The van der Waals surface area contributed by atoms with E-state index in [1.807, 2.05) is 52.2 Å². The summed E-state index contributed by atoms with van der Waals surface area (Å²) in [7, 11) is 1.84. The summed E-state index contributed by atoms with van der Waals surface area (Å²) in [6, 6.07) is 7.60. The van der Waals surface area contributed by atoms with E-state index in [-0.39, 0.29) is 11.8 Å². The summed E-state index contributed by atoms with van der Waals surface area (Å²) in [6.07, 6.45) is 4.99. The van der Waals surface area contributed by atoms with Crippen molar-refractivity contribution < 1.29 is 9.59 Å². The molecule has 0 fully saturated rings. The van der Waals surface area contributed by atoms with Gasteiger partial charge >= 0.3 is 0 Å². The van der Waals surface area contributed by atoms with Crippen LogP contribution < -0.4 is 5.32 Å². The molecule has 33 heavy (non-hydrogen) atoms. The minimum atomic E-state index is -0.131. The number of fused-ring (bicyclic) bond motifs is 2. The van der Waals surface area contributed by atoms with Gasteiger partial charge in [-0.1, -0.05) is 19.9 Å². The third kappa shape index (κ3) is 4.04. The molecule has 5 heterocycles. The second-order valence-electron chi connectivity index (χ2n) is 8.80. The molecule has 0 atom stereocenters. The Kier molecular flexibility index (Phi) is 5.49. The number of carbonyl (C=O) groups excluding carboxylic acids is 2. The maximum absolute atomic E-state index is 13.2. The van der Waals surface area contributed by atoms with Crippen LogP contribution in [0.5, 0.6) is 0 Å². The van der Waals surface area contributed by atoms with E-state index in [0.29, 0.717) is 42.5 Å². The summed E-state index contributed by atoms with van der Waals surface area (Å²) in [4.78, 5) is 33.4. The summed E-state index contributed by atoms with van der Waals surface area (Å²) in [5, 5.41) is 9.41. The highest BCUT2D eigenvalue weighted by molar-refractivity contribution is 7.10.